The zero-order valence-corrected chi connectivity index (χ0v) is 11.1. The molecule has 0 aliphatic carbocycles. The molecule has 1 aromatic rings. The third-order valence-corrected chi connectivity index (χ3v) is 4.12. The number of benzene rings is 1. The Balaban J connectivity index is 2.09. The predicted octanol–water partition coefficient (Wildman–Crippen LogP) is 2.82. The molecule has 1 saturated heterocycles. The van der Waals surface area contributed by atoms with Crippen molar-refractivity contribution in [2.45, 2.75) is 18.9 Å². The summed E-state index contributed by atoms with van der Waals surface area (Å²) in [7, 11) is 0. The number of Topliss-reactive ketones (excluding diaryl/α,β-unsaturated/α-hetero) is 1. The number of halogens is 1. The highest BCUT2D eigenvalue weighted by Gasteiger charge is 2.48. The standard InChI is InChI=1S/C13H13BrO3/c1-13-4-5-16-7-10(13)12(15)9-6-8(14)2-3-11(9)17-13/h2-3,6,10H,4-5,7H2,1H3. The molecule has 2 heterocycles. The molecule has 90 valence electrons. The van der Waals surface area contributed by atoms with Crippen LogP contribution in [0.3, 0.4) is 0 Å². The SMILES string of the molecule is CC12CCOCC1C(=O)c1cc(Br)ccc1O2. The lowest BCUT2D eigenvalue weighted by Gasteiger charge is -2.44. The minimum Gasteiger partial charge on any atom is -0.486 e. The molecule has 3 rings (SSSR count). The van der Waals surface area contributed by atoms with Crippen molar-refractivity contribution in [2.24, 2.45) is 5.92 Å². The van der Waals surface area contributed by atoms with Gasteiger partial charge in [-0.1, -0.05) is 15.9 Å². The Labute approximate surface area is 108 Å². The van der Waals surface area contributed by atoms with Crippen LogP contribution in [-0.2, 0) is 4.74 Å². The van der Waals surface area contributed by atoms with Crippen molar-refractivity contribution in [2.75, 3.05) is 13.2 Å². The highest BCUT2D eigenvalue weighted by atomic mass is 79.9. The van der Waals surface area contributed by atoms with Crippen LogP contribution in [0.25, 0.3) is 0 Å². The van der Waals surface area contributed by atoms with E-state index in [1.165, 1.54) is 0 Å². The van der Waals surface area contributed by atoms with Gasteiger partial charge in [-0.25, -0.2) is 0 Å². The molecule has 2 atom stereocenters. The van der Waals surface area contributed by atoms with Crippen LogP contribution in [-0.4, -0.2) is 24.6 Å². The first-order chi connectivity index (χ1) is 8.10. The van der Waals surface area contributed by atoms with Crippen LogP contribution < -0.4 is 4.74 Å². The van der Waals surface area contributed by atoms with Crippen LogP contribution in [0.2, 0.25) is 0 Å². The third-order valence-electron chi connectivity index (χ3n) is 3.63. The summed E-state index contributed by atoms with van der Waals surface area (Å²) >= 11 is 3.38. The molecule has 0 aromatic heterocycles. The third kappa shape index (κ3) is 1.70. The summed E-state index contributed by atoms with van der Waals surface area (Å²) in [5, 5.41) is 0. The fourth-order valence-electron chi connectivity index (χ4n) is 2.52. The van der Waals surface area contributed by atoms with Crippen LogP contribution in [0, 0.1) is 5.92 Å². The quantitative estimate of drug-likeness (QED) is 0.738. The van der Waals surface area contributed by atoms with Crippen molar-refractivity contribution in [3.05, 3.63) is 28.2 Å². The number of fused-ring (bicyclic) bond motifs is 2. The van der Waals surface area contributed by atoms with Crippen molar-refractivity contribution in [1.82, 2.24) is 0 Å². The van der Waals surface area contributed by atoms with Gasteiger partial charge in [-0.2, -0.15) is 0 Å². The summed E-state index contributed by atoms with van der Waals surface area (Å²) in [6, 6.07) is 5.58. The monoisotopic (exact) mass is 296 g/mol. The molecule has 1 fully saturated rings. The predicted molar refractivity (Wildman–Crippen MR) is 66.4 cm³/mol. The highest BCUT2D eigenvalue weighted by Crippen LogP contribution is 2.41. The maximum Gasteiger partial charge on any atom is 0.176 e. The summed E-state index contributed by atoms with van der Waals surface area (Å²) in [5.74, 6) is 0.645. The van der Waals surface area contributed by atoms with E-state index < -0.39 is 5.60 Å². The summed E-state index contributed by atoms with van der Waals surface area (Å²) < 4.78 is 12.3. The molecule has 0 saturated carbocycles. The molecule has 0 bridgehead atoms. The van der Waals surface area contributed by atoms with Gasteiger partial charge in [0.05, 0.1) is 24.7 Å². The van der Waals surface area contributed by atoms with E-state index in [9.17, 15) is 4.79 Å². The van der Waals surface area contributed by atoms with Gasteiger partial charge in [0, 0.05) is 10.9 Å². The Hall–Kier alpha value is -0.870. The van der Waals surface area contributed by atoms with Crippen molar-refractivity contribution in [1.29, 1.82) is 0 Å². The fourth-order valence-corrected chi connectivity index (χ4v) is 2.89. The Kier molecular flexibility index (Phi) is 2.52. The lowest BCUT2D eigenvalue weighted by Crippen LogP contribution is -2.53. The number of hydrogen-bond donors (Lipinski definition) is 0. The first-order valence-electron chi connectivity index (χ1n) is 5.71. The summed E-state index contributed by atoms with van der Waals surface area (Å²) in [4.78, 5) is 12.4. The Morgan fingerprint density at radius 3 is 3.12 bits per heavy atom. The molecule has 0 radical (unpaired) electrons. The van der Waals surface area contributed by atoms with Gasteiger partial charge >= 0.3 is 0 Å². The van der Waals surface area contributed by atoms with Gasteiger partial charge in [0.15, 0.2) is 5.78 Å². The molecule has 17 heavy (non-hydrogen) atoms. The van der Waals surface area contributed by atoms with Crippen molar-refractivity contribution in [3.63, 3.8) is 0 Å². The zero-order valence-electron chi connectivity index (χ0n) is 9.53. The molecule has 0 N–H and O–H groups in total. The van der Waals surface area contributed by atoms with E-state index in [0.29, 0.717) is 24.5 Å². The largest absolute Gasteiger partial charge is 0.486 e. The van der Waals surface area contributed by atoms with Gasteiger partial charge in [0.2, 0.25) is 0 Å². The molecule has 2 unspecified atom stereocenters. The van der Waals surface area contributed by atoms with Crippen molar-refractivity contribution < 1.29 is 14.3 Å². The number of rotatable bonds is 0. The molecular formula is C13H13BrO3. The molecule has 0 amide bonds. The topological polar surface area (TPSA) is 35.5 Å². The molecular weight excluding hydrogens is 284 g/mol. The van der Waals surface area contributed by atoms with Crippen LogP contribution >= 0.6 is 15.9 Å². The summed E-state index contributed by atoms with van der Waals surface area (Å²) in [6.07, 6.45) is 0.763. The Morgan fingerprint density at radius 1 is 1.47 bits per heavy atom. The van der Waals surface area contributed by atoms with Crippen LogP contribution in [0.1, 0.15) is 23.7 Å². The number of ketones is 1. The van der Waals surface area contributed by atoms with E-state index in [-0.39, 0.29) is 11.7 Å². The van der Waals surface area contributed by atoms with Crippen LogP contribution in [0.15, 0.2) is 22.7 Å². The van der Waals surface area contributed by atoms with Crippen molar-refractivity contribution >= 4 is 21.7 Å². The normalized spacial score (nSPS) is 31.4. The van der Waals surface area contributed by atoms with Crippen LogP contribution in [0.5, 0.6) is 5.75 Å². The van der Waals surface area contributed by atoms with Crippen LogP contribution in [0.4, 0.5) is 0 Å². The smallest absolute Gasteiger partial charge is 0.176 e. The highest BCUT2D eigenvalue weighted by molar-refractivity contribution is 9.10. The van der Waals surface area contributed by atoms with Gasteiger partial charge in [-0.3, -0.25) is 4.79 Å². The molecule has 2 aliphatic heterocycles. The first-order valence-corrected chi connectivity index (χ1v) is 6.50. The van der Waals surface area contributed by atoms with E-state index >= 15 is 0 Å². The molecule has 2 aliphatic rings. The Bertz CT molecular complexity index is 486. The lowest BCUT2D eigenvalue weighted by molar-refractivity contribution is -0.0769. The van der Waals surface area contributed by atoms with E-state index in [1.807, 2.05) is 25.1 Å². The van der Waals surface area contributed by atoms with E-state index in [1.54, 1.807) is 0 Å². The minimum absolute atomic E-state index is 0.134. The maximum absolute atomic E-state index is 12.4. The zero-order chi connectivity index (χ0) is 12.0. The fraction of sp³-hybridized carbons (Fsp3) is 0.462. The second kappa shape index (κ2) is 3.82. The number of carbonyl (C=O) groups is 1. The van der Waals surface area contributed by atoms with Gasteiger partial charge < -0.3 is 9.47 Å². The first kappa shape index (κ1) is 11.2. The van der Waals surface area contributed by atoms with Gasteiger partial charge in [0.25, 0.3) is 0 Å². The average Bonchev–Trinajstić information content (AvgIpc) is 2.30. The minimum atomic E-state index is -0.407. The van der Waals surface area contributed by atoms with Gasteiger partial charge in [-0.15, -0.1) is 0 Å². The van der Waals surface area contributed by atoms with Gasteiger partial charge in [-0.05, 0) is 25.1 Å². The van der Waals surface area contributed by atoms with Crippen molar-refractivity contribution in [3.8, 4) is 5.75 Å². The molecule has 3 nitrogen and oxygen atoms in total. The van der Waals surface area contributed by atoms with E-state index in [4.69, 9.17) is 9.47 Å². The lowest BCUT2D eigenvalue weighted by atomic mass is 9.77. The summed E-state index contributed by atoms with van der Waals surface area (Å²) in [6.45, 7) is 3.12. The maximum atomic E-state index is 12.4. The number of hydrogen-bond acceptors (Lipinski definition) is 3. The van der Waals surface area contributed by atoms with E-state index in [0.717, 1.165) is 10.9 Å². The number of ether oxygens (including phenoxy) is 2. The molecule has 4 heteroatoms. The molecule has 0 spiro atoms. The van der Waals surface area contributed by atoms with E-state index in [2.05, 4.69) is 15.9 Å². The van der Waals surface area contributed by atoms with Gasteiger partial charge in [0.1, 0.15) is 11.4 Å². The number of carbonyl (C=O) groups excluding carboxylic acids is 1. The second-order valence-electron chi connectivity index (χ2n) is 4.80. The Morgan fingerprint density at radius 2 is 2.29 bits per heavy atom. The average molecular weight is 297 g/mol. The second-order valence-corrected chi connectivity index (χ2v) is 5.71. The molecule has 1 aromatic carbocycles. The summed E-state index contributed by atoms with van der Waals surface area (Å²) in [5.41, 5.74) is 0.253.